The minimum atomic E-state index is 0.149. The van der Waals surface area contributed by atoms with Crippen molar-refractivity contribution in [3.8, 4) is 11.8 Å². The maximum atomic E-state index is 3.80. The third kappa shape index (κ3) is 1.81. The normalized spacial score (nSPS) is 16.9. The first kappa shape index (κ1) is 8.13. The quantitative estimate of drug-likeness (QED) is 0.446. The van der Waals surface area contributed by atoms with E-state index in [1.54, 1.807) is 0 Å². The standard InChI is InChI=1S/C13H12/c1-2-13(10-11-13)9-8-12-6-4-3-5-7-12/h2-7H,1,10-11H2. The minimum Gasteiger partial charge on any atom is -0.102 e. The lowest BCUT2D eigenvalue weighted by atomic mass is 10.1. The lowest BCUT2D eigenvalue weighted by Gasteiger charge is -1.94. The third-order valence-electron chi connectivity index (χ3n) is 2.41. The Hall–Kier alpha value is -1.48. The van der Waals surface area contributed by atoms with Gasteiger partial charge in [0.2, 0.25) is 0 Å². The molecule has 0 amide bonds. The molecule has 0 nitrogen and oxygen atoms in total. The van der Waals surface area contributed by atoms with Crippen molar-refractivity contribution in [3.63, 3.8) is 0 Å². The predicted octanol–water partition coefficient (Wildman–Crippen LogP) is 3.00. The van der Waals surface area contributed by atoms with Crippen molar-refractivity contribution in [3.05, 3.63) is 48.6 Å². The summed E-state index contributed by atoms with van der Waals surface area (Å²) < 4.78 is 0. The van der Waals surface area contributed by atoms with Gasteiger partial charge in [-0.15, -0.1) is 6.58 Å². The van der Waals surface area contributed by atoms with Crippen molar-refractivity contribution in [1.82, 2.24) is 0 Å². The Labute approximate surface area is 79.3 Å². The zero-order valence-electron chi connectivity index (χ0n) is 7.59. The summed E-state index contributed by atoms with van der Waals surface area (Å²) in [5.41, 5.74) is 1.24. The zero-order valence-corrected chi connectivity index (χ0v) is 7.59. The molecule has 0 unspecified atom stereocenters. The Bertz CT molecular complexity index is 358. The summed E-state index contributed by atoms with van der Waals surface area (Å²) in [6, 6.07) is 10.1. The van der Waals surface area contributed by atoms with Crippen LogP contribution in [0.3, 0.4) is 0 Å². The van der Waals surface area contributed by atoms with E-state index in [1.165, 1.54) is 12.8 Å². The van der Waals surface area contributed by atoms with Crippen molar-refractivity contribution in [2.24, 2.45) is 5.41 Å². The molecule has 0 bridgehead atoms. The van der Waals surface area contributed by atoms with Crippen molar-refractivity contribution >= 4 is 0 Å². The maximum absolute atomic E-state index is 3.80. The molecule has 1 aromatic carbocycles. The van der Waals surface area contributed by atoms with Gasteiger partial charge in [0, 0.05) is 11.0 Å². The highest BCUT2D eigenvalue weighted by Gasteiger charge is 2.37. The molecule has 1 fully saturated rings. The van der Waals surface area contributed by atoms with Crippen LogP contribution >= 0.6 is 0 Å². The van der Waals surface area contributed by atoms with Crippen LogP contribution in [-0.4, -0.2) is 0 Å². The molecule has 13 heavy (non-hydrogen) atoms. The summed E-state index contributed by atoms with van der Waals surface area (Å²) >= 11 is 0. The number of hydrogen-bond acceptors (Lipinski definition) is 0. The number of benzene rings is 1. The van der Waals surface area contributed by atoms with Gasteiger partial charge in [-0.3, -0.25) is 0 Å². The van der Waals surface area contributed by atoms with Gasteiger partial charge in [-0.1, -0.05) is 36.1 Å². The molecule has 0 radical (unpaired) electrons. The van der Waals surface area contributed by atoms with Gasteiger partial charge >= 0.3 is 0 Å². The van der Waals surface area contributed by atoms with Crippen molar-refractivity contribution < 1.29 is 0 Å². The molecule has 1 saturated carbocycles. The Morgan fingerprint density at radius 2 is 1.92 bits per heavy atom. The van der Waals surface area contributed by atoms with Crippen LogP contribution in [-0.2, 0) is 0 Å². The molecule has 0 heteroatoms. The molecule has 1 aromatic rings. The summed E-state index contributed by atoms with van der Waals surface area (Å²) in [6.07, 6.45) is 4.33. The second-order valence-corrected chi connectivity index (χ2v) is 3.48. The number of hydrogen-bond donors (Lipinski definition) is 0. The van der Waals surface area contributed by atoms with Crippen LogP contribution in [0.15, 0.2) is 43.0 Å². The van der Waals surface area contributed by atoms with Crippen LogP contribution in [0.4, 0.5) is 0 Å². The van der Waals surface area contributed by atoms with Crippen LogP contribution in [0.25, 0.3) is 0 Å². The van der Waals surface area contributed by atoms with E-state index >= 15 is 0 Å². The fourth-order valence-corrected chi connectivity index (χ4v) is 1.23. The molecule has 0 heterocycles. The lowest BCUT2D eigenvalue weighted by molar-refractivity contribution is 0.902. The van der Waals surface area contributed by atoms with Crippen molar-refractivity contribution in [1.29, 1.82) is 0 Å². The summed E-state index contributed by atoms with van der Waals surface area (Å²) in [5, 5.41) is 0. The molecule has 0 spiro atoms. The second kappa shape index (κ2) is 3.11. The summed E-state index contributed by atoms with van der Waals surface area (Å²) in [4.78, 5) is 0. The SMILES string of the molecule is C=CC1(C#Cc2ccccc2)CC1. The zero-order chi connectivity index (χ0) is 9.15. The predicted molar refractivity (Wildman–Crippen MR) is 55.2 cm³/mol. The van der Waals surface area contributed by atoms with E-state index in [9.17, 15) is 0 Å². The van der Waals surface area contributed by atoms with E-state index in [4.69, 9.17) is 0 Å². The van der Waals surface area contributed by atoms with Gasteiger partial charge < -0.3 is 0 Å². The average molecular weight is 168 g/mol. The van der Waals surface area contributed by atoms with E-state index in [2.05, 4.69) is 18.4 Å². The maximum Gasteiger partial charge on any atom is 0.0496 e. The fraction of sp³-hybridized carbons (Fsp3) is 0.231. The molecule has 0 saturated heterocycles. The Balaban J connectivity index is 2.18. The van der Waals surface area contributed by atoms with Crippen LogP contribution in [0.5, 0.6) is 0 Å². The smallest absolute Gasteiger partial charge is 0.0496 e. The van der Waals surface area contributed by atoms with Gasteiger partial charge in [0.25, 0.3) is 0 Å². The number of rotatable bonds is 1. The van der Waals surface area contributed by atoms with E-state index in [1.807, 2.05) is 36.4 Å². The van der Waals surface area contributed by atoms with Crippen LogP contribution in [0.2, 0.25) is 0 Å². The third-order valence-corrected chi connectivity index (χ3v) is 2.41. The van der Waals surface area contributed by atoms with Gasteiger partial charge in [-0.25, -0.2) is 0 Å². The highest BCUT2D eigenvalue weighted by molar-refractivity contribution is 5.38. The Morgan fingerprint density at radius 3 is 2.46 bits per heavy atom. The lowest BCUT2D eigenvalue weighted by Crippen LogP contribution is -1.87. The first-order valence-electron chi connectivity index (χ1n) is 4.56. The van der Waals surface area contributed by atoms with Gasteiger partial charge in [0.15, 0.2) is 0 Å². The molecule has 0 N–H and O–H groups in total. The highest BCUT2D eigenvalue weighted by atomic mass is 14.4. The molecule has 0 atom stereocenters. The summed E-state index contributed by atoms with van der Waals surface area (Å²) in [7, 11) is 0. The molecule has 1 aliphatic carbocycles. The molecule has 2 rings (SSSR count). The van der Waals surface area contributed by atoms with Gasteiger partial charge in [0.05, 0.1) is 0 Å². The van der Waals surface area contributed by atoms with Crippen molar-refractivity contribution in [2.45, 2.75) is 12.8 Å². The van der Waals surface area contributed by atoms with Crippen LogP contribution in [0.1, 0.15) is 18.4 Å². The number of allylic oxidation sites excluding steroid dienone is 1. The molecular formula is C13H12. The first-order valence-corrected chi connectivity index (χ1v) is 4.56. The monoisotopic (exact) mass is 168 g/mol. The molecular weight excluding hydrogens is 156 g/mol. The molecule has 0 aliphatic heterocycles. The van der Waals surface area contributed by atoms with E-state index in [0.717, 1.165) is 5.56 Å². The summed E-state index contributed by atoms with van der Waals surface area (Å²) in [5.74, 6) is 6.45. The van der Waals surface area contributed by atoms with Gasteiger partial charge in [0.1, 0.15) is 0 Å². The molecule has 0 aromatic heterocycles. The highest BCUT2D eigenvalue weighted by Crippen LogP contribution is 2.45. The average Bonchev–Trinajstić information content (AvgIpc) is 2.97. The minimum absolute atomic E-state index is 0.149. The van der Waals surface area contributed by atoms with Crippen LogP contribution < -0.4 is 0 Å². The Kier molecular flexibility index (Phi) is 1.94. The van der Waals surface area contributed by atoms with Gasteiger partial charge in [-0.2, -0.15) is 0 Å². The first-order chi connectivity index (χ1) is 6.35. The molecule has 1 aliphatic rings. The second-order valence-electron chi connectivity index (χ2n) is 3.48. The van der Waals surface area contributed by atoms with Crippen molar-refractivity contribution in [2.75, 3.05) is 0 Å². The van der Waals surface area contributed by atoms with Gasteiger partial charge in [-0.05, 0) is 25.0 Å². The Morgan fingerprint density at radius 1 is 1.23 bits per heavy atom. The van der Waals surface area contributed by atoms with E-state index < -0.39 is 0 Å². The van der Waals surface area contributed by atoms with Crippen LogP contribution in [0, 0.1) is 17.3 Å². The molecule has 64 valence electrons. The summed E-state index contributed by atoms with van der Waals surface area (Å²) in [6.45, 7) is 3.80. The largest absolute Gasteiger partial charge is 0.102 e. The topological polar surface area (TPSA) is 0 Å². The van der Waals surface area contributed by atoms with E-state index in [-0.39, 0.29) is 5.41 Å². The fourth-order valence-electron chi connectivity index (χ4n) is 1.23. The van der Waals surface area contributed by atoms with E-state index in [0.29, 0.717) is 0 Å².